The maximum Gasteiger partial charge on any atom is 0.248 e. The zero-order valence-corrected chi connectivity index (χ0v) is 14.9. The second-order valence-corrected chi connectivity index (χ2v) is 7.85. The minimum absolute atomic E-state index is 0.267. The molecule has 3 rings (SSSR count). The van der Waals surface area contributed by atoms with Gasteiger partial charge in [-0.1, -0.05) is 17.7 Å². The third-order valence-electron chi connectivity index (χ3n) is 4.16. The third kappa shape index (κ3) is 3.48. The van der Waals surface area contributed by atoms with Crippen LogP contribution in [-0.4, -0.2) is 41.6 Å². The van der Waals surface area contributed by atoms with Crippen LogP contribution in [0.15, 0.2) is 47.6 Å². The molecule has 0 saturated carbocycles. The number of aromatic amines is 1. The lowest BCUT2D eigenvalue weighted by Crippen LogP contribution is -2.47. The van der Waals surface area contributed by atoms with Crippen molar-refractivity contribution in [3.05, 3.63) is 47.7 Å². The van der Waals surface area contributed by atoms with Gasteiger partial charge in [0, 0.05) is 43.0 Å². The van der Waals surface area contributed by atoms with Crippen LogP contribution in [0.4, 0.5) is 11.4 Å². The van der Waals surface area contributed by atoms with Crippen molar-refractivity contribution in [2.45, 2.75) is 4.90 Å². The van der Waals surface area contributed by atoms with Gasteiger partial charge in [-0.15, -0.1) is 0 Å². The molecule has 2 N–H and O–H groups in total. The molecule has 2 aromatic rings. The fraction of sp³-hybridized carbons (Fsp3) is 0.312. The topological polar surface area (TPSA) is 66.8 Å². The van der Waals surface area contributed by atoms with Crippen LogP contribution in [0.1, 0.15) is 0 Å². The van der Waals surface area contributed by atoms with E-state index in [4.69, 9.17) is 11.6 Å². The van der Waals surface area contributed by atoms with Crippen molar-refractivity contribution in [1.29, 1.82) is 0 Å². The molecular formula is C16H20ClN4O2S+. The van der Waals surface area contributed by atoms with Crippen LogP contribution in [0.2, 0.25) is 5.02 Å². The Morgan fingerprint density at radius 2 is 1.83 bits per heavy atom. The predicted octanol–water partition coefficient (Wildman–Crippen LogP) is 1.39. The summed E-state index contributed by atoms with van der Waals surface area (Å²) in [6.45, 7) is 3.08. The van der Waals surface area contributed by atoms with E-state index < -0.39 is 10.0 Å². The molecule has 0 amide bonds. The summed E-state index contributed by atoms with van der Waals surface area (Å²) in [6.07, 6.45) is 3.26. The van der Waals surface area contributed by atoms with E-state index in [0.717, 1.165) is 36.9 Å². The van der Waals surface area contributed by atoms with Gasteiger partial charge in [-0.05, 0) is 25.2 Å². The van der Waals surface area contributed by atoms with E-state index in [0.29, 0.717) is 5.69 Å². The molecule has 0 bridgehead atoms. The molecule has 8 heteroatoms. The van der Waals surface area contributed by atoms with E-state index in [1.165, 1.54) is 13.2 Å². The van der Waals surface area contributed by atoms with E-state index in [1.54, 1.807) is 12.3 Å². The van der Waals surface area contributed by atoms with Crippen LogP contribution in [0.25, 0.3) is 0 Å². The number of nitrogens with zero attached hydrogens (tertiary/aromatic N) is 2. The Hall–Kier alpha value is -1.83. The number of benzene rings is 1. The second-order valence-electron chi connectivity index (χ2n) is 5.56. The molecule has 1 fully saturated rings. The van der Waals surface area contributed by atoms with E-state index >= 15 is 0 Å². The first-order chi connectivity index (χ1) is 11.5. The Morgan fingerprint density at radius 3 is 2.50 bits per heavy atom. The van der Waals surface area contributed by atoms with Crippen LogP contribution in [0.5, 0.6) is 0 Å². The molecule has 1 saturated heterocycles. The molecule has 1 aromatic heterocycles. The molecule has 0 radical (unpaired) electrons. The van der Waals surface area contributed by atoms with E-state index in [9.17, 15) is 8.42 Å². The normalized spacial score (nSPS) is 15.6. The Balaban J connectivity index is 1.78. The van der Waals surface area contributed by atoms with Gasteiger partial charge in [-0.25, -0.2) is 18.1 Å². The fourth-order valence-corrected chi connectivity index (χ4v) is 3.97. The summed E-state index contributed by atoms with van der Waals surface area (Å²) in [6, 6.07) is 9.59. The Labute approximate surface area is 147 Å². The highest BCUT2D eigenvalue weighted by molar-refractivity contribution is 7.89. The standard InChI is InChI=1S/C16H19ClN4O2S/c1-18-24(22,23)16-12-19-6-5-15(16)21-9-7-20(8-10-21)14-4-2-3-13(17)11-14/h2-6,11-12,18H,7-10H2,1H3/p+1. The van der Waals surface area contributed by atoms with Crippen molar-refractivity contribution < 1.29 is 13.4 Å². The zero-order chi connectivity index (χ0) is 17.2. The summed E-state index contributed by atoms with van der Waals surface area (Å²) in [4.78, 5) is 7.47. The number of nitrogens with one attached hydrogen (secondary N) is 2. The maximum atomic E-state index is 12.2. The number of anilines is 2. The molecular weight excluding hydrogens is 348 g/mol. The fourth-order valence-electron chi connectivity index (χ4n) is 2.87. The average Bonchev–Trinajstić information content (AvgIpc) is 2.62. The zero-order valence-electron chi connectivity index (χ0n) is 13.4. The average molecular weight is 368 g/mol. The van der Waals surface area contributed by atoms with E-state index in [2.05, 4.69) is 19.5 Å². The van der Waals surface area contributed by atoms with Gasteiger partial charge in [0.05, 0.1) is 5.69 Å². The van der Waals surface area contributed by atoms with Crippen molar-refractivity contribution in [2.75, 3.05) is 43.0 Å². The van der Waals surface area contributed by atoms with Gasteiger partial charge in [0.25, 0.3) is 0 Å². The number of aromatic nitrogens is 1. The van der Waals surface area contributed by atoms with Gasteiger partial charge in [0.1, 0.15) is 0 Å². The van der Waals surface area contributed by atoms with Gasteiger partial charge >= 0.3 is 0 Å². The van der Waals surface area contributed by atoms with Crippen molar-refractivity contribution >= 4 is 33.0 Å². The predicted molar refractivity (Wildman–Crippen MR) is 95.1 cm³/mol. The van der Waals surface area contributed by atoms with Crippen molar-refractivity contribution in [2.24, 2.45) is 0 Å². The molecule has 24 heavy (non-hydrogen) atoms. The quantitative estimate of drug-likeness (QED) is 0.886. The number of H-pyrrole nitrogens is 1. The van der Waals surface area contributed by atoms with Gasteiger partial charge < -0.3 is 9.80 Å². The third-order valence-corrected chi connectivity index (χ3v) is 5.83. The first-order valence-corrected chi connectivity index (χ1v) is 9.56. The summed E-state index contributed by atoms with van der Waals surface area (Å²) in [7, 11) is -2.08. The first-order valence-electron chi connectivity index (χ1n) is 7.70. The number of halogens is 1. The van der Waals surface area contributed by atoms with Gasteiger partial charge in [0.15, 0.2) is 17.3 Å². The lowest BCUT2D eigenvalue weighted by molar-refractivity contribution is -0.380. The molecule has 128 valence electrons. The number of sulfonamides is 1. The molecule has 0 atom stereocenters. The summed E-state index contributed by atoms with van der Waals surface area (Å²) in [5.41, 5.74) is 1.81. The summed E-state index contributed by atoms with van der Waals surface area (Å²) in [5, 5.41) is 0.718. The maximum absolute atomic E-state index is 12.2. The molecule has 0 spiro atoms. The largest absolute Gasteiger partial charge is 0.368 e. The number of hydrogen-bond acceptors (Lipinski definition) is 4. The summed E-state index contributed by atoms with van der Waals surface area (Å²) < 4.78 is 26.8. The lowest BCUT2D eigenvalue weighted by atomic mass is 10.2. The van der Waals surface area contributed by atoms with Crippen LogP contribution in [0, 0.1) is 0 Å². The van der Waals surface area contributed by atoms with E-state index in [1.807, 2.05) is 24.3 Å². The molecule has 0 aliphatic carbocycles. The minimum Gasteiger partial charge on any atom is -0.368 e. The SMILES string of the molecule is CNS(=O)(=O)c1c[nH+]ccc1N1CCN(c2cccc(Cl)c2)CC1. The molecule has 1 aliphatic rings. The van der Waals surface area contributed by atoms with Gasteiger partial charge in [-0.2, -0.15) is 0 Å². The second kappa shape index (κ2) is 6.96. The molecule has 0 unspecified atom stereocenters. The van der Waals surface area contributed by atoms with Gasteiger partial charge in [-0.3, -0.25) is 0 Å². The number of piperazine rings is 1. The summed E-state index contributed by atoms with van der Waals surface area (Å²) >= 11 is 6.06. The Bertz CT molecular complexity index is 820. The van der Waals surface area contributed by atoms with Crippen molar-refractivity contribution in [3.8, 4) is 0 Å². The van der Waals surface area contributed by atoms with Gasteiger partial charge in [0.2, 0.25) is 10.0 Å². The molecule has 1 aromatic carbocycles. The molecule has 2 heterocycles. The smallest absolute Gasteiger partial charge is 0.248 e. The minimum atomic E-state index is -3.50. The van der Waals surface area contributed by atoms with Crippen LogP contribution in [0.3, 0.4) is 0 Å². The number of rotatable bonds is 4. The van der Waals surface area contributed by atoms with E-state index in [-0.39, 0.29) is 4.90 Å². The first kappa shape index (κ1) is 17.0. The van der Waals surface area contributed by atoms with Crippen molar-refractivity contribution in [1.82, 2.24) is 4.72 Å². The van der Waals surface area contributed by atoms with Crippen LogP contribution < -0.4 is 19.5 Å². The Kier molecular flexibility index (Phi) is 4.93. The monoisotopic (exact) mass is 367 g/mol. The highest BCUT2D eigenvalue weighted by Gasteiger charge is 2.26. The molecule has 6 nitrogen and oxygen atoms in total. The van der Waals surface area contributed by atoms with Crippen LogP contribution in [-0.2, 0) is 10.0 Å². The number of hydrogen-bond donors (Lipinski definition) is 1. The van der Waals surface area contributed by atoms with Crippen molar-refractivity contribution in [3.63, 3.8) is 0 Å². The highest BCUT2D eigenvalue weighted by atomic mass is 35.5. The lowest BCUT2D eigenvalue weighted by Gasteiger charge is -2.37. The highest BCUT2D eigenvalue weighted by Crippen LogP contribution is 2.26. The molecule has 1 aliphatic heterocycles. The summed E-state index contributed by atoms with van der Waals surface area (Å²) in [5.74, 6) is 0. The van der Waals surface area contributed by atoms with Crippen LogP contribution >= 0.6 is 11.6 Å². The number of pyridine rings is 1. The Morgan fingerprint density at radius 1 is 1.12 bits per heavy atom.